The van der Waals surface area contributed by atoms with Gasteiger partial charge in [-0.3, -0.25) is 14.6 Å². The number of primary amides is 1. The lowest BCUT2D eigenvalue weighted by atomic mass is 9.74. The van der Waals surface area contributed by atoms with Gasteiger partial charge >= 0.3 is 5.92 Å². The van der Waals surface area contributed by atoms with Crippen molar-refractivity contribution in [1.29, 1.82) is 0 Å². The average Bonchev–Trinajstić information content (AvgIpc) is 3.39. The van der Waals surface area contributed by atoms with Crippen molar-refractivity contribution < 1.29 is 39.1 Å². The Morgan fingerprint density at radius 2 is 1.56 bits per heavy atom. The van der Waals surface area contributed by atoms with Crippen LogP contribution in [0.2, 0.25) is 0 Å². The van der Waals surface area contributed by atoms with Crippen LogP contribution in [0, 0.1) is 11.8 Å². The molecule has 0 aromatic rings. The molecule has 7 N–H and O–H groups in total. The lowest BCUT2D eigenvalue weighted by Gasteiger charge is -2.48. The van der Waals surface area contributed by atoms with Gasteiger partial charge in [-0.25, -0.2) is 10.0 Å². The first-order valence-corrected chi connectivity index (χ1v) is 17.7. The Balaban J connectivity index is 0.000000376. The maximum atomic E-state index is 13.1. The fraction of sp³-hybridized carbons (Fsp3) is 0.857. The van der Waals surface area contributed by atoms with E-state index in [1.807, 2.05) is 13.8 Å². The zero-order valence-electron chi connectivity index (χ0n) is 30.9. The first kappa shape index (κ1) is 42.6. The Labute approximate surface area is 287 Å². The van der Waals surface area contributed by atoms with Crippen LogP contribution in [0.1, 0.15) is 107 Å². The van der Waals surface area contributed by atoms with Crippen molar-refractivity contribution in [3.63, 3.8) is 0 Å². The largest absolute Gasteiger partial charge is 0.380 e. The predicted octanol–water partition coefficient (Wildman–Crippen LogP) is 3.36. The first-order chi connectivity index (χ1) is 22.1. The summed E-state index contributed by atoms with van der Waals surface area (Å²) in [6.07, 6.45) is 12.6. The molecule has 48 heavy (non-hydrogen) atoms. The van der Waals surface area contributed by atoms with Crippen LogP contribution in [-0.2, 0) is 4.79 Å². The molecule has 1 saturated carbocycles. The van der Waals surface area contributed by atoms with Crippen LogP contribution in [0.3, 0.4) is 0 Å². The number of aliphatic hydroxyl groups is 5. The molecule has 0 aromatic heterocycles. The number of hydrogen-bond acceptors (Lipinski definition) is 10. The van der Waals surface area contributed by atoms with Crippen molar-refractivity contribution in [3.05, 3.63) is 23.8 Å². The van der Waals surface area contributed by atoms with Gasteiger partial charge < -0.3 is 31.3 Å². The fourth-order valence-electron chi connectivity index (χ4n) is 7.96. The molecule has 13 heteroatoms. The molecule has 3 fully saturated rings. The molecular weight excluding hydrogens is 624 g/mol. The summed E-state index contributed by atoms with van der Waals surface area (Å²) in [4.78, 5) is 16.4. The van der Waals surface area contributed by atoms with Gasteiger partial charge in [-0.2, -0.15) is 8.78 Å². The van der Waals surface area contributed by atoms with E-state index in [4.69, 9.17) is 20.4 Å². The summed E-state index contributed by atoms with van der Waals surface area (Å²) < 4.78 is 26.2. The summed E-state index contributed by atoms with van der Waals surface area (Å²) in [5.41, 5.74) is 3.47. The number of hydrazine groups is 1. The van der Waals surface area contributed by atoms with Gasteiger partial charge in [-0.05, 0) is 77.7 Å². The van der Waals surface area contributed by atoms with Crippen LogP contribution in [0.5, 0.6) is 0 Å². The third kappa shape index (κ3) is 9.02. The number of nitrogens with zero attached hydrogens (tertiary/aromatic N) is 4. The first-order valence-electron chi connectivity index (χ1n) is 17.7. The molecule has 2 heterocycles. The molecule has 1 amide bonds. The maximum Gasteiger partial charge on any atom is 0.352 e. The van der Waals surface area contributed by atoms with E-state index in [0.717, 1.165) is 12.0 Å². The molecule has 0 spiro atoms. The lowest BCUT2D eigenvalue weighted by molar-refractivity contribution is -0.432. The van der Waals surface area contributed by atoms with Crippen molar-refractivity contribution in [2.45, 2.75) is 160 Å². The van der Waals surface area contributed by atoms with Crippen LogP contribution in [0.25, 0.3) is 0 Å². The van der Waals surface area contributed by atoms with E-state index in [9.17, 15) is 18.7 Å². The highest BCUT2D eigenvalue weighted by Crippen LogP contribution is 2.49. The molecule has 280 valence electrons. The summed E-state index contributed by atoms with van der Waals surface area (Å²) >= 11 is 0. The third-order valence-corrected chi connectivity index (χ3v) is 10.9. The molecule has 0 bridgehead atoms. The number of allylic oxidation sites excluding steroid dienone is 4. The van der Waals surface area contributed by atoms with Gasteiger partial charge in [0.05, 0.1) is 12.3 Å². The molecule has 2 saturated heterocycles. The van der Waals surface area contributed by atoms with E-state index in [0.29, 0.717) is 30.3 Å². The Morgan fingerprint density at radius 3 is 2.04 bits per heavy atom. The van der Waals surface area contributed by atoms with Gasteiger partial charge in [0.2, 0.25) is 17.5 Å². The third-order valence-electron chi connectivity index (χ3n) is 10.9. The Morgan fingerprint density at radius 1 is 1.00 bits per heavy atom. The van der Waals surface area contributed by atoms with Gasteiger partial charge in [0.15, 0.2) is 5.60 Å². The second-order valence-corrected chi connectivity index (χ2v) is 14.7. The molecule has 6 atom stereocenters. The summed E-state index contributed by atoms with van der Waals surface area (Å²) in [5.74, 6) is -12.8. The SMILES string of the molecule is CC.CC(C)C1N(C(C)CC2CC(C)C(C)N2CCCC2=CC=CCC2)C(C)N(C)N1C.NC(=O)C1(O)CC(O)(O)C(F)(F)C(O)(O)C1. The molecule has 4 rings (SSSR count). The minimum Gasteiger partial charge on any atom is -0.380 e. The quantitative estimate of drug-likeness (QED) is 0.199. The molecule has 2 aliphatic heterocycles. The minimum absolute atomic E-state index is 0.466. The minimum atomic E-state index is -4.73. The molecule has 0 aromatic carbocycles. The highest BCUT2D eigenvalue weighted by molar-refractivity contribution is 5.83. The van der Waals surface area contributed by atoms with E-state index in [-0.39, 0.29) is 0 Å². The van der Waals surface area contributed by atoms with Gasteiger partial charge in [0.1, 0.15) is 0 Å². The number of rotatable bonds is 9. The topological polar surface area (TPSA) is 157 Å². The number of nitrogens with two attached hydrogens (primary N) is 1. The molecular formula is C35H65F2N5O6. The van der Waals surface area contributed by atoms with E-state index >= 15 is 0 Å². The van der Waals surface area contributed by atoms with Gasteiger partial charge in [-0.1, -0.05) is 58.4 Å². The standard InChI is InChI=1S/C26H48N4.C7H11F2NO6.C2H6/c1-19(2)26-28(8)27(7)23(6)30(26)21(4)18-25-17-20(3)22(5)29(25)16-12-15-24-13-10-9-11-14-24;8-7(9)5(13,14)1-4(12,3(10)11)2-6(7,15)16;1-2/h9-10,13,19-23,25-26H,11-12,14-18H2,1-8H3;12-16H,1-2H2,(H2,10,11);1-2H3. The lowest BCUT2D eigenvalue weighted by Crippen LogP contribution is -2.73. The zero-order valence-corrected chi connectivity index (χ0v) is 30.9. The van der Waals surface area contributed by atoms with Crippen molar-refractivity contribution in [1.82, 2.24) is 19.8 Å². The average molecular weight is 690 g/mol. The summed E-state index contributed by atoms with van der Waals surface area (Å²) in [6, 6.07) is 2.03. The van der Waals surface area contributed by atoms with Crippen LogP contribution in [-0.4, -0.2) is 125 Å². The molecule has 0 radical (unpaired) electrons. The number of carbonyl (C=O) groups is 1. The van der Waals surface area contributed by atoms with Gasteiger partial charge in [0.25, 0.3) is 0 Å². The summed E-state index contributed by atoms with van der Waals surface area (Å²) in [5, 5.41) is 50.0. The van der Waals surface area contributed by atoms with Crippen molar-refractivity contribution in [2.24, 2.45) is 17.6 Å². The highest BCUT2D eigenvalue weighted by Gasteiger charge is 2.73. The van der Waals surface area contributed by atoms with E-state index in [1.165, 1.54) is 45.1 Å². The maximum absolute atomic E-state index is 13.1. The number of halogens is 2. The smallest absolute Gasteiger partial charge is 0.352 e. The van der Waals surface area contributed by atoms with E-state index in [1.54, 1.807) is 5.57 Å². The second-order valence-electron chi connectivity index (χ2n) is 14.7. The summed E-state index contributed by atoms with van der Waals surface area (Å²) in [6.45, 7) is 19.8. The fourth-order valence-corrected chi connectivity index (χ4v) is 7.96. The summed E-state index contributed by atoms with van der Waals surface area (Å²) in [7, 11) is 4.50. The van der Waals surface area contributed by atoms with Crippen molar-refractivity contribution in [3.8, 4) is 0 Å². The molecule has 11 nitrogen and oxygen atoms in total. The van der Waals surface area contributed by atoms with Crippen LogP contribution in [0.4, 0.5) is 8.78 Å². The second kappa shape index (κ2) is 16.6. The normalized spacial score (nSPS) is 32.2. The Hall–Kier alpha value is -1.55. The number of alkyl halides is 2. The Kier molecular flexibility index (Phi) is 14.8. The van der Waals surface area contributed by atoms with Crippen molar-refractivity contribution >= 4 is 5.91 Å². The van der Waals surface area contributed by atoms with Gasteiger partial charge in [0, 0.05) is 45.1 Å². The number of amides is 1. The number of carbonyl (C=O) groups excluding carboxylic acids is 1. The zero-order chi connectivity index (χ0) is 37.0. The van der Waals surface area contributed by atoms with Gasteiger partial charge in [-0.15, -0.1) is 0 Å². The molecule has 4 aliphatic rings. The molecule has 6 unspecified atom stereocenters. The number of hydrogen-bond donors (Lipinski definition) is 6. The van der Waals surface area contributed by atoms with Crippen LogP contribution in [0.15, 0.2) is 23.8 Å². The van der Waals surface area contributed by atoms with Crippen molar-refractivity contribution in [2.75, 3.05) is 20.6 Å². The van der Waals surface area contributed by atoms with Crippen LogP contribution >= 0.6 is 0 Å². The predicted molar refractivity (Wildman–Crippen MR) is 183 cm³/mol. The molecule has 2 aliphatic carbocycles. The monoisotopic (exact) mass is 689 g/mol. The number of likely N-dealkylation sites (tertiary alicyclic amines) is 1. The Bertz CT molecular complexity index is 1100. The van der Waals surface area contributed by atoms with Crippen LogP contribution < -0.4 is 5.73 Å². The highest BCUT2D eigenvalue weighted by atomic mass is 19.3. The van der Waals surface area contributed by atoms with E-state index < -0.39 is 41.8 Å². The van der Waals surface area contributed by atoms with E-state index in [2.05, 4.69) is 99.4 Å².